The molecular weight excluding hydrogens is 358 g/mol. The van der Waals surface area contributed by atoms with E-state index < -0.39 is 0 Å². The van der Waals surface area contributed by atoms with Crippen LogP contribution in [0.1, 0.15) is 37.7 Å². The Morgan fingerprint density at radius 1 is 0.897 bits per heavy atom. The summed E-state index contributed by atoms with van der Waals surface area (Å²) in [5, 5.41) is 3.00. The van der Waals surface area contributed by atoms with E-state index in [1.54, 1.807) is 0 Å². The zero-order valence-electron chi connectivity index (χ0n) is 17.4. The Labute approximate surface area is 174 Å². The number of para-hydroxylation sites is 1. The van der Waals surface area contributed by atoms with Crippen molar-refractivity contribution in [3.05, 3.63) is 66.2 Å². The zero-order chi connectivity index (χ0) is 19.9. The minimum Gasteiger partial charge on any atom is -0.326 e. The van der Waals surface area contributed by atoms with Crippen molar-refractivity contribution in [1.29, 1.82) is 0 Å². The van der Waals surface area contributed by atoms with Gasteiger partial charge >= 0.3 is 0 Å². The van der Waals surface area contributed by atoms with Crippen molar-refractivity contribution < 1.29 is 4.79 Å². The highest BCUT2D eigenvalue weighted by Gasteiger charge is 2.47. The van der Waals surface area contributed by atoms with Crippen LogP contribution in [0.3, 0.4) is 0 Å². The summed E-state index contributed by atoms with van der Waals surface area (Å²) in [5.74, 6) is 0.137. The summed E-state index contributed by atoms with van der Waals surface area (Å²) in [6.45, 7) is 5.84. The Balaban J connectivity index is 1.15. The van der Waals surface area contributed by atoms with E-state index in [0.717, 1.165) is 31.5 Å². The van der Waals surface area contributed by atoms with Crippen LogP contribution in [0.4, 0.5) is 5.69 Å². The summed E-state index contributed by atoms with van der Waals surface area (Å²) in [5.41, 5.74) is 2.71. The number of piperazine rings is 1. The molecule has 2 fully saturated rings. The van der Waals surface area contributed by atoms with Gasteiger partial charge < -0.3 is 10.2 Å². The fourth-order valence-corrected chi connectivity index (χ4v) is 4.57. The molecule has 1 heterocycles. The third-order valence-corrected chi connectivity index (χ3v) is 6.53. The lowest BCUT2D eigenvalue weighted by Gasteiger charge is -2.40. The molecule has 1 aliphatic carbocycles. The first-order chi connectivity index (χ1) is 14.2. The first-order valence-electron chi connectivity index (χ1n) is 11.1. The SMILES string of the molecule is O=C(CCCC1(N2CCN(CCc3ccccc3)CC2)CC1)Nc1ccccc1. The van der Waals surface area contributed by atoms with Gasteiger partial charge in [-0.2, -0.15) is 0 Å². The van der Waals surface area contributed by atoms with Crippen LogP contribution in [0.25, 0.3) is 0 Å². The second kappa shape index (κ2) is 9.55. The molecule has 1 amide bonds. The number of nitrogens with one attached hydrogen (secondary N) is 1. The van der Waals surface area contributed by atoms with Crippen molar-refractivity contribution in [3.8, 4) is 0 Å². The molecular formula is C25H33N3O. The van der Waals surface area contributed by atoms with E-state index in [1.165, 1.54) is 44.6 Å². The van der Waals surface area contributed by atoms with Crippen molar-refractivity contribution >= 4 is 11.6 Å². The molecule has 1 saturated carbocycles. The van der Waals surface area contributed by atoms with Crippen molar-refractivity contribution in [2.75, 3.05) is 38.0 Å². The first kappa shape index (κ1) is 20.1. The highest BCUT2D eigenvalue weighted by atomic mass is 16.1. The molecule has 4 heteroatoms. The van der Waals surface area contributed by atoms with Gasteiger partial charge in [-0.3, -0.25) is 9.69 Å². The number of hydrogen-bond donors (Lipinski definition) is 1. The van der Waals surface area contributed by atoms with Gasteiger partial charge in [-0.1, -0.05) is 48.5 Å². The molecule has 1 saturated heterocycles. The number of nitrogens with zero attached hydrogens (tertiary/aromatic N) is 2. The van der Waals surface area contributed by atoms with Crippen molar-refractivity contribution in [3.63, 3.8) is 0 Å². The second-order valence-electron chi connectivity index (χ2n) is 8.56. The van der Waals surface area contributed by atoms with Gasteiger partial charge in [-0.05, 0) is 49.8 Å². The smallest absolute Gasteiger partial charge is 0.224 e. The molecule has 0 spiro atoms. The number of hydrogen-bond acceptors (Lipinski definition) is 3. The lowest BCUT2D eigenvalue weighted by atomic mass is 10.0. The van der Waals surface area contributed by atoms with Crippen LogP contribution >= 0.6 is 0 Å². The zero-order valence-corrected chi connectivity index (χ0v) is 17.4. The Morgan fingerprint density at radius 3 is 2.21 bits per heavy atom. The minimum atomic E-state index is 0.137. The van der Waals surface area contributed by atoms with Crippen LogP contribution in [0.5, 0.6) is 0 Å². The summed E-state index contributed by atoms with van der Waals surface area (Å²) >= 11 is 0. The topological polar surface area (TPSA) is 35.6 Å². The predicted molar refractivity (Wildman–Crippen MR) is 119 cm³/mol. The van der Waals surface area contributed by atoms with E-state index in [4.69, 9.17) is 0 Å². The fourth-order valence-electron chi connectivity index (χ4n) is 4.57. The van der Waals surface area contributed by atoms with Gasteiger partial charge in [0.15, 0.2) is 0 Å². The molecule has 4 nitrogen and oxygen atoms in total. The third kappa shape index (κ3) is 5.68. The number of anilines is 1. The molecule has 29 heavy (non-hydrogen) atoms. The van der Waals surface area contributed by atoms with Gasteiger partial charge in [0.2, 0.25) is 5.91 Å². The molecule has 2 aromatic carbocycles. The highest BCUT2D eigenvalue weighted by Crippen LogP contribution is 2.46. The summed E-state index contributed by atoms with van der Waals surface area (Å²) in [4.78, 5) is 17.5. The minimum absolute atomic E-state index is 0.137. The fraction of sp³-hybridized carbons (Fsp3) is 0.480. The first-order valence-corrected chi connectivity index (χ1v) is 11.1. The van der Waals surface area contributed by atoms with E-state index in [1.807, 2.05) is 30.3 Å². The van der Waals surface area contributed by atoms with Crippen molar-refractivity contribution in [2.45, 2.75) is 44.1 Å². The monoisotopic (exact) mass is 391 g/mol. The predicted octanol–water partition coefficient (Wildman–Crippen LogP) is 4.19. The molecule has 1 N–H and O–H groups in total. The average molecular weight is 392 g/mol. The molecule has 2 aliphatic rings. The molecule has 2 aromatic rings. The molecule has 1 aliphatic heterocycles. The Bertz CT molecular complexity index is 765. The maximum atomic E-state index is 12.2. The Hall–Kier alpha value is -2.17. The normalized spacial score (nSPS) is 19.0. The van der Waals surface area contributed by atoms with Gasteiger partial charge in [0, 0.05) is 50.4 Å². The molecule has 0 atom stereocenters. The number of rotatable bonds is 9. The van der Waals surface area contributed by atoms with Crippen molar-refractivity contribution in [1.82, 2.24) is 9.80 Å². The summed E-state index contributed by atoms with van der Waals surface area (Å²) in [6.07, 6.45) is 6.50. The third-order valence-electron chi connectivity index (χ3n) is 6.53. The maximum absolute atomic E-state index is 12.2. The van der Waals surface area contributed by atoms with E-state index in [0.29, 0.717) is 12.0 Å². The summed E-state index contributed by atoms with van der Waals surface area (Å²) in [7, 11) is 0. The summed E-state index contributed by atoms with van der Waals surface area (Å²) < 4.78 is 0. The van der Waals surface area contributed by atoms with Gasteiger partial charge in [-0.15, -0.1) is 0 Å². The number of carbonyl (C=O) groups is 1. The summed E-state index contributed by atoms with van der Waals surface area (Å²) in [6, 6.07) is 20.6. The molecule has 0 bridgehead atoms. The molecule has 4 rings (SSSR count). The standard InChI is InChI=1S/C25H33N3O/c29-24(26-23-10-5-2-6-11-23)12-7-14-25(15-16-25)28-20-18-27(19-21-28)17-13-22-8-3-1-4-9-22/h1-6,8-11H,7,12-21H2,(H,26,29). The van der Waals surface area contributed by atoms with Crippen LogP contribution in [-0.2, 0) is 11.2 Å². The molecule has 154 valence electrons. The van der Waals surface area contributed by atoms with Gasteiger partial charge in [0.05, 0.1) is 0 Å². The second-order valence-corrected chi connectivity index (χ2v) is 8.56. The Kier molecular flexibility index (Phi) is 6.63. The van der Waals surface area contributed by atoms with Crippen LogP contribution in [-0.4, -0.2) is 54.0 Å². The average Bonchev–Trinajstić information content (AvgIpc) is 3.55. The maximum Gasteiger partial charge on any atom is 0.224 e. The van der Waals surface area contributed by atoms with E-state index in [2.05, 4.69) is 45.4 Å². The van der Waals surface area contributed by atoms with Gasteiger partial charge in [0.1, 0.15) is 0 Å². The molecule has 0 aromatic heterocycles. The van der Waals surface area contributed by atoms with Gasteiger partial charge in [0.25, 0.3) is 0 Å². The van der Waals surface area contributed by atoms with E-state index in [-0.39, 0.29) is 5.91 Å². The van der Waals surface area contributed by atoms with Crippen LogP contribution in [0, 0.1) is 0 Å². The number of carbonyl (C=O) groups excluding carboxylic acids is 1. The van der Waals surface area contributed by atoms with Crippen LogP contribution < -0.4 is 5.32 Å². The van der Waals surface area contributed by atoms with Crippen LogP contribution in [0.15, 0.2) is 60.7 Å². The van der Waals surface area contributed by atoms with E-state index in [9.17, 15) is 4.79 Å². The van der Waals surface area contributed by atoms with Crippen LogP contribution in [0.2, 0.25) is 0 Å². The van der Waals surface area contributed by atoms with E-state index >= 15 is 0 Å². The van der Waals surface area contributed by atoms with Gasteiger partial charge in [-0.25, -0.2) is 0 Å². The Morgan fingerprint density at radius 2 is 1.55 bits per heavy atom. The lowest BCUT2D eigenvalue weighted by molar-refractivity contribution is -0.116. The molecule has 0 radical (unpaired) electrons. The lowest BCUT2D eigenvalue weighted by Crippen LogP contribution is -2.51. The largest absolute Gasteiger partial charge is 0.326 e. The number of benzene rings is 2. The van der Waals surface area contributed by atoms with Crippen molar-refractivity contribution in [2.24, 2.45) is 0 Å². The highest BCUT2D eigenvalue weighted by molar-refractivity contribution is 5.90. The molecule has 0 unspecified atom stereocenters. The quantitative estimate of drug-likeness (QED) is 0.696. The number of amides is 1.